The summed E-state index contributed by atoms with van der Waals surface area (Å²) in [4.78, 5) is 17.9. The highest BCUT2D eigenvalue weighted by molar-refractivity contribution is 7.99. The fourth-order valence-electron chi connectivity index (χ4n) is 2.48. The van der Waals surface area contributed by atoms with Gasteiger partial charge < -0.3 is 20.4 Å². The Morgan fingerprint density at radius 3 is 2.54 bits per heavy atom. The van der Waals surface area contributed by atoms with Gasteiger partial charge in [0.2, 0.25) is 5.91 Å². The van der Waals surface area contributed by atoms with Crippen molar-refractivity contribution < 1.29 is 9.21 Å². The lowest BCUT2D eigenvalue weighted by Crippen LogP contribution is -2.42. The molecule has 1 aromatic heterocycles. The summed E-state index contributed by atoms with van der Waals surface area (Å²) in [5.41, 5.74) is -0.566. The molecular formula is C21H30N4O2S. The second-order valence-electron chi connectivity index (χ2n) is 6.97. The smallest absolute Gasteiger partial charge is 0.227 e. The van der Waals surface area contributed by atoms with E-state index in [2.05, 4.69) is 33.1 Å². The van der Waals surface area contributed by atoms with E-state index in [1.54, 1.807) is 25.1 Å². The zero-order valence-corrected chi connectivity index (χ0v) is 17.6. The highest BCUT2D eigenvalue weighted by Gasteiger charge is 2.26. The van der Waals surface area contributed by atoms with Crippen LogP contribution in [0.3, 0.4) is 0 Å². The van der Waals surface area contributed by atoms with Crippen LogP contribution >= 0.6 is 11.8 Å². The van der Waals surface area contributed by atoms with E-state index in [4.69, 9.17) is 4.42 Å². The Morgan fingerprint density at radius 2 is 1.86 bits per heavy atom. The summed E-state index contributed by atoms with van der Waals surface area (Å²) in [7, 11) is 1.65. The Kier molecular flexibility index (Phi) is 8.94. The van der Waals surface area contributed by atoms with E-state index >= 15 is 0 Å². The lowest BCUT2D eigenvalue weighted by atomic mass is 9.93. The average molecular weight is 403 g/mol. The number of benzene rings is 1. The van der Waals surface area contributed by atoms with Crippen LogP contribution in [0.5, 0.6) is 0 Å². The van der Waals surface area contributed by atoms with Gasteiger partial charge in [0.05, 0.1) is 18.2 Å². The molecule has 28 heavy (non-hydrogen) atoms. The number of carbonyl (C=O) groups is 1. The number of nitrogens with one attached hydrogen (secondary N) is 3. The summed E-state index contributed by atoms with van der Waals surface area (Å²) >= 11 is 1.79. The molecule has 3 N–H and O–H groups in total. The molecule has 6 nitrogen and oxygen atoms in total. The minimum Gasteiger partial charge on any atom is -0.469 e. The molecule has 0 saturated carbocycles. The predicted molar refractivity (Wildman–Crippen MR) is 116 cm³/mol. The normalized spacial score (nSPS) is 11.9. The SMILES string of the molecule is CNC(=O)C(C)(C)CN=C(NCCSc1ccccc1)NCCc1ccco1. The molecule has 152 valence electrons. The van der Waals surface area contributed by atoms with Crippen molar-refractivity contribution in [1.29, 1.82) is 0 Å². The lowest BCUT2D eigenvalue weighted by molar-refractivity contribution is -0.128. The van der Waals surface area contributed by atoms with Crippen molar-refractivity contribution in [1.82, 2.24) is 16.0 Å². The van der Waals surface area contributed by atoms with E-state index in [1.165, 1.54) is 4.90 Å². The van der Waals surface area contributed by atoms with Crippen molar-refractivity contribution in [3.63, 3.8) is 0 Å². The van der Waals surface area contributed by atoms with Crippen LogP contribution in [0.2, 0.25) is 0 Å². The van der Waals surface area contributed by atoms with Crippen molar-refractivity contribution in [2.45, 2.75) is 25.2 Å². The maximum absolute atomic E-state index is 12.0. The van der Waals surface area contributed by atoms with Gasteiger partial charge in [-0.25, -0.2) is 0 Å². The summed E-state index contributed by atoms with van der Waals surface area (Å²) in [6.07, 6.45) is 2.45. The Labute approximate surface area is 171 Å². The van der Waals surface area contributed by atoms with Gasteiger partial charge in [0.25, 0.3) is 0 Å². The summed E-state index contributed by atoms with van der Waals surface area (Å²) in [5, 5.41) is 9.38. The fraction of sp³-hybridized carbons (Fsp3) is 0.429. The second kappa shape index (κ2) is 11.4. The summed E-state index contributed by atoms with van der Waals surface area (Å²) < 4.78 is 5.37. The molecule has 0 radical (unpaired) electrons. The van der Waals surface area contributed by atoms with Crippen molar-refractivity contribution >= 4 is 23.6 Å². The second-order valence-corrected chi connectivity index (χ2v) is 8.14. The number of guanidine groups is 1. The van der Waals surface area contributed by atoms with E-state index in [1.807, 2.05) is 44.2 Å². The van der Waals surface area contributed by atoms with Gasteiger partial charge >= 0.3 is 0 Å². The average Bonchev–Trinajstić information content (AvgIpc) is 3.22. The molecule has 1 amide bonds. The zero-order valence-electron chi connectivity index (χ0n) is 16.8. The first-order chi connectivity index (χ1) is 13.5. The van der Waals surface area contributed by atoms with Crippen LogP contribution in [0.4, 0.5) is 0 Å². The molecule has 0 atom stereocenters. The summed E-state index contributed by atoms with van der Waals surface area (Å²) in [6.45, 7) is 5.65. The monoisotopic (exact) mass is 402 g/mol. The third-order valence-electron chi connectivity index (χ3n) is 4.12. The number of rotatable bonds is 10. The molecule has 7 heteroatoms. The number of nitrogens with zero attached hydrogens (tertiary/aromatic N) is 1. The van der Waals surface area contributed by atoms with Crippen LogP contribution in [0.15, 0.2) is 63.0 Å². The molecule has 0 spiro atoms. The third kappa shape index (κ3) is 7.68. The highest BCUT2D eigenvalue weighted by atomic mass is 32.2. The van der Waals surface area contributed by atoms with Crippen molar-refractivity contribution in [2.24, 2.45) is 10.4 Å². The van der Waals surface area contributed by atoms with Crippen molar-refractivity contribution in [3.8, 4) is 0 Å². The predicted octanol–water partition coefficient (Wildman–Crippen LogP) is 2.92. The molecule has 1 heterocycles. The Balaban J connectivity index is 1.86. The highest BCUT2D eigenvalue weighted by Crippen LogP contribution is 2.16. The molecule has 0 aliphatic carbocycles. The molecule has 0 aliphatic heterocycles. The Bertz CT molecular complexity index is 730. The molecule has 1 aromatic carbocycles. The van der Waals surface area contributed by atoms with Crippen LogP contribution in [0.25, 0.3) is 0 Å². The van der Waals surface area contributed by atoms with Crippen LogP contribution < -0.4 is 16.0 Å². The van der Waals surface area contributed by atoms with Gasteiger partial charge in [-0.05, 0) is 38.1 Å². The van der Waals surface area contributed by atoms with Crippen LogP contribution in [0.1, 0.15) is 19.6 Å². The quantitative estimate of drug-likeness (QED) is 0.246. The van der Waals surface area contributed by atoms with Gasteiger partial charge in [-0.2, -0.15) is 0 Å². The van der Waals surface area contributed by atoms with Crippen molar-refractivity contribution in [2.75, 3.05) is 32.4 Å². The van der Waals surface area contributed by atoms with E-state index < -0.39 is 5.41 Å². The van der Waals surface area contributed by atoms with Crippen molar-refractivity contribution in [3.05, 3.63) is 54.5 Å². The number of furan rings is 1. The number of aliphatic imine (C=N–C) groups is 1. The summed E-state index contributed by atoms with van der Waals surface area (Å²) in [6, 6.07) is 14.1. The number of thioether (sulfide) groups is 1. The molecule has 0 bridgehead atoms. The van der Waals surface area contributed by atoms with Gasteiger partial charge in [0, 0.05) is 37.2 Å². The first kappa shape index (κ1) is 21.9. The topological polar surface area (TPSA) is 78.7 Å². The van der Waals surface area contributed by atoms with E-state index in [9.17, 15) is 4.79 Å². The summed E-state index contributed by atoms with van der Waals surface area (Å²) in [5.74, 6) is 2.53. The first-order valence-electron chi connectivity index (χ1n) is 9.46. The minimum absolute atomic E-state index is 0.0224. The third-order valence-corrected chi connectivity index (χ3v) is 5.14. The Morgan fingerprint density at radius 1 is 1.11 bits per heavy atom. The molecule has 0 unspecified atom stereocenters. The first-order valence-corrected chi connectivity index (χ1v) is 10.4. The molecule has 2 rings (SSSR count). The Hall–Kier alpha value is -2.41. The van der Waals surface area contributed by atoms with Gasteiger partial charge in [-0.3, -0.25) is 9.79 Å². The van der Waals surface area contributed by atoms with E-state index in [0.717, 1.165) is 24.5 Å². The number of amides is 1. The van der Waals surface area contributed by atoms with Crippen LogP contribution in [-0.2, 0) is 11.2 Å². The maximum Gasteiger partial charge on any atom is 0.227 e. The molecule has 2 aromatic rings. The lowest BCUT2D eigenvalue weighted by Gasteiger charge is -2.21. The fourth-order valence-corrected chi connectivity index (χ4v) is 3.26. The van der Waals surface area contributed by atoms with E-state index in [-0.39, 0.29) is 5.91 Å². The van der Waals surface area contributed by atoms with Gasteiger partial charge in [-0.15, -0.1) is 11.8 Å². The maximum atomic E-state index is 12.0. The standard InChI is InChI=1S/C21H30N4O2S/c1-21(2,19(26)22-3)16-25-20(23-12-11-17-8-7-14-27-17)24-13-15-28-18-9-5-4-6-10-18/h4-10,14H,11-13,15-16H2,1-3H3,(H,22,26)(H2,23,24,25). The number of hydrogen-bond donors (Lipinski definition) is 3. The number of carbonyl (C=O) groups excluding carboxylic acids is 1. The van der Waals surface area contributed by atoms with Gasteiger partial charge in [0.15, 0.2) is 5.96 Å². The number of hydrogen-bond acceptors (Lipinski definition) is 4. The molecular weight excluding hydrogens is 372 g/mol. The molecule has 0 saturated heterocycles. The van der Waals surface area contributed by atoms with Gasteiger partial charge in [-0.1, -0.05) is 18.2 Å². The molecule has 0 fully saturated rings. The van der Waals surface area contributed by atoms with Gasteiger partial charge in [0.1, 0.15) is 5.76 Å². The zero-order chi connectivity index (χ0) is 20.2. The molecule has 0 aliphatic rings. The van der Waals surface area contributed by atoms with Crippen LogP contribution in [-0.4, -0.2) is 44.3 Å². The largest absolute Gasteiger partial charge is 0.469 e. The van der Waals surface area contributed by atoms with Crippen LogP contribution in [0, 0.1) is 5.41 Å². The van der Waals surface area contributed by atoms with E-state index in [0.29, 0.717) is 19.0 Å². The minimum atomic E-state index is -0.566.